The monoisotopic (exact) mass is 268 g/mol. The van der Waals surface area contributed by atoms with Crippen LogP contribution >= 0.6 is 23.2 Å². The largest absolute Gasteiger partial charge is 0.364 e. The molecule has 1 N–H and O–H groups in total. The predicted molar refractivity (Wildman–Crippen MR) is 66.4 cm³/mol. The van der Waals surface area contributed by atoms with Crippen LogP contribution in [0.1, 0.15) is 11.4 Å². The molecule has 0 bridgehead atoms. The van der Waals surface area contributed by atoms with Gasteiger partial charge < -0.3 is 9.72 Å². The summed E-state index contributed by atoms with van der Waals surface area (Å²) in [7, 11) is 0. The minimum atomic E-state index is -0.334. The number of nitrogens with zero attached hydrogens (tertiary/aromatic N) is 1. The zero-order valence-corrected chi connectivity index (χ0v) is 10.4. The maximum Gasteiger partial charge on any atom is 0.125 e. The molecule has 3 rings (SSSR count). The van der Waals surface area contributed by atoms with Gasteiger partial charge in [-0.05, 0) is 12.1 Å². The van der Waals surface area contributed by atoms with Crippen molar-refractivity contribution in [2.45, 2.75) is 12.0 Å². The second kappa shape index (κ2) is 4.02. The minimum absolute atomic E-state index is 0.334. The first kappa shape index (κ1) is 11.1. The molecular formula is C12H10Cl2N2O. The Kier molecular flexibility index (Phi) is 2.62. The van der Waals surface area contributed by atoms with Crippen molar-refractivity contribution < 1.29 is 4.74 Å². The average Bonchev–Trinajstić information content (AvgIpc) is 2.86. The Morgan fingerprint density at radius 1 is 1.41 bits per heavy atom. The van der Waals surface area contributed by atoms with Crippen molar-refractivity contribution in [3.8, 4) is 0 Å². The Morgan fingerprint density at radius 2 is 2.24 bits per heavy atom. The fourth-order valence-electron chi connectivity index (χ4n) is 1.96. The first-order chi connectivity index (χ1) is 8.20. The van der Waals surface area contributed by atoms with E-state index < -0.39 is 0 Å². The Morgan fingerprint density at radius 3 is 2.82 bits per heavy atom. The molecule has 1 saturated heterocycles. The van der Waals surface area contributed by atoms with Gasteiger partial charge in [-0.15, -0.1) is 0 Å². The van der Waals surface area contributed by atoms with Gasteiger partial charge in [-0.2, -0.15) is 0 Å². The molecule has 0 unspecified atom stereocenters. The first-order valence-corrected chi connectivity index (χ1v) is 6.03. The third kappa shape index (κ3) is 2.06. The number of hydrogen-bond acceptors (Lipinski definition) is 2. The fourth-order valence-corrected chi connectivity index (χ4v) is 2.54. The van der Waals surface area contributed by atoms with Crippen molar-refractivity contribution in [1.82, 2.24) is 9.97 Å². The van der Waals surface area contributed by atoms with Crippen molar-refractivity contribution in [1.29, 1.82) is 0 Å². The van der Waals surface area contributed by atoms with Crippen LogP contribution in [-0.4, -0.2) is 16.6 Å². The normalized spacial score (nSPS) is 22.7. The second-order valence-electron chi connectivity index (χ2n) is 4.12. The van der Waals surface area contributed by atoms with Gasteiger partial charge in [0.1, 0.15) is 11.4 Å². The molecule has 1 aliphatic rings. The van der Waals surface area contributed by atoms with Crippen LogP contribution in [0.2, 0.25) is 10.0 Å². The molecule has 0 aliphatic carbocycles. The maximum absolute atomic E-state index is 6.20. The zero-order valence-electron chi connectivity index (χ0n) is 8.91. The summed E-state index contributed by atoms with van der Waals surface area (Å²) in [5.74, 6) is 0.897. The van der Waals surface area contributed by atoms with Crippen LogP contribution in [0, 0.1) is 0 Å². The van der Waals surface area contributed by atoms with Gasteiger partial charge >= 0.3 is 0 Å². The Bertz CT molecular complexity index is 535. The van der Waals surface area contributed by atoms with E-state index in [0.29, 0.717) is 23.1 Å². The molecule has 1 aliphatic heterocycles. The molecule has 2 heterocycles. The molecule has 88 valence electrons. The van der Waals surface area contributed by atoms with E-state index in [9.17, 15) is 0 Å². The quantitative estimate of drug-likeness (QED) is 0.869. The second-order valence-corrected chi connectivity index (χ2v) is 4.96. The van der Waals surface area contributed by atoms with Crippen LogP contribution in [0.3, 0.4) is 0 Å². The van der Waals surface area contributed by atoms with Crippen LogP contribution in [0.15, 0.2) is 30.6 Å². The van der Waals surface area contributed by atoms with E-state index in [-0.39, 0.29) is 5.60 Å². The molecule has 0 saturated carbocycles. The molecule has 0 amide bonds. The van der Waals surface area contributed by atoms with Gasteiger partial charge in [0.2, 0.25) is 0 Å². The first-order valence-electron chi connectivity index (χ1n) is 5.27. The lowest BCUT2D eigenvalue weighted by molar-refractivity contribution is 0.303. The minimum Gasteiger partial charge on any atom is -0.364 e. The van der Waals surface area contributed by atoms with Crippen molar-refractivity contribution in [2.75, 3.05) is 6.61 Å². The number of benzene rings is 1. The number of halogens is 2. The molecule has 3 nitrogen and oxygen atoms in total. The summed E-state index contributed by atoms with van der Waals surface area (Å²) in [5.41, 5.74) is 0.638. The number of ether oxygens (including phenoxy) is 1. The molecule has 5 heteroatoms. The zero-order chi connectivity index (χ0) is 11.9. The highest BCUT2D eigenvalue weighted by atomic mass is 35.5. The molecule has 0 spiro atoms. The van der Waals surface area contributed by atoms with E-state index in [4.69, 9.17) is 27.9 Å². The Hall–Kier alpha value is -1.03. The van der Waals surface area contributed by atoms with Gasteiger partial charge in [0, 0.05) is 34.4 Å². The molecule has 1 atom stereocenters. The molecular weight excluding hydrogens is 259 g/mol. The number of aromatic amines is 1. The number of epoxide rings is 1. The van der Waals surface area contributed by atoms with Crippen molar-refractivity contribution in [3.05, 3.63) is 52.0 Å². The molecule has 1 aromatic carbocycles. The van der Waals surface area contributed by atoms with Gasteiger partial charge in [-0.25, -0.2) is 4.98 Å². The molecule has 0 radical (unpaired) electrons. The SMILES string of the molecule is Clc1ccc([C@@]2(Cc3ncc[nH]3)CO2)c(Cl)c1. The number of H-pyrrole nitrogens is 1. The number of aromatic nitrogens is 2. The standard InChI is InChI=1S/C12H10Cl2N2O/c13-8-1-2-9(10(14)5-8)12(7-17-12)6-11-15-3-4-16-11/h1-5H,6-7H2,(H,15,16)/t12-/m1/s1. The van der Waals surface area contributed by atoms with E-state index >= 15 is 0 Å². The van der Waals surface area contributed by atoms with Gasteiger partial charge in [0.15, 0.2) is 0 Å². The average molecular weight is 269 g/mol. The highest BCUT2D eigenvalue weighted by Gasteiger charge is 2.48. The Balaban J connectivity index is 1.92. The number of nitrogens with one attached hydrogen (secondary N) is 1. The summed E-state index contributed by atoms with van der Waals surface area (Å²) >= 11 is 12.1. The third-order valence-corrected chi connectivity index (χ3v) is 3.47. The van der Waals surface area contributed by atoms with Crippen LogP contribution in [0.25, 0.3) is 0 Å². The van der Waals surface area contributed by atoms with Gasteiger partial charge in [0.05, 0.1) is 6.61 Å². The maximum atomic E-state index is 6.20. The van der Waals surface area contributed by atoms with Crippen LogP contribution in [-0.2, 0) is 16.8 Å². The van der Waals surface area contributed by atoms with Crippen LogP contribution in [0.4, 0.5) is 0 Å². The summed E-state index contributed by atoms with van der Waals surface area (Å²) in [6.07, 6.45) is 4.23. The van der Waals surface area contributed by atoms with Gasteiger partial charge in [-0.1, -0.05) is 29.3 Å². The number of rotatable bonds is 3. The van der Waals surface area contributed by atoms with Crippen molar-refractivity contribution in [2.24, 2.45) is 0 Å². The van der Waals surface area contributed by atoms with E-state index in [2.05, 4.69) is 9.97 Å². The summed E-state index contributed by atoms with van der Waals surface area (Å²) in [4.78, 5) is 7.28. The Labute approximate surface area is 109 Å². The van der Waals surface area contributed by atoms with E-state index in [1.165, 1.54) is 0 Å². The lowest BCUT2D eigenvalue weighted by Gasteiger charge is -2.12. The summed E-state index contributed by atoms with van der Waals surface area (Å²) in [6.45, 7) is 0.662. The smallest absolute Gasteiger partial charge is 0.125 e. The summed E-state index contributed by atoms with van der Waals surface area (Å²) in [5, 5.41) is 1.27. The van der Waals surface area contributed by atoms with E-state index in [0.717, 1.165) is 11.4 Å². The highest BCUT2D eigenvalue weighted by molar-refractivity contribution is 6.35. The topological polar surface area (TPSA) is 41.2 Å². The molecule has 17 heavy (non-hydrogen) atoms. The predicted octanol–water partition coefficient (Wildman–Crippen LogP) is 3.18. The third-order valence-electron chi connectivity index (χ3n) is 2.92. The van der Waals surface area contributed by atoms with E-state index in [1.807, 2.05) is 12.1 Å². The summed E-state index contributed by atoms with van der Waals surface area (Å²) in [6, 6.07) is 5.49. The van der Waals surface area contributed by atoms with Crippen molar-refractivity contribution in [3.63, 3.8) is 0 Å². The molecule has 2 aromatic rings. The van der Waals surface area contributed by atoms with Crippen LogP contribution < -0.4 is 0 Å². The van der Waals surface area contributed by atoms with E-state index in [1.54, 1.807) is 18.5 Å². The highest BCUT2D eigenvalue weighted by Crippen LogP contribution is 2.44. The van der Waals surface area contributed by atoms with Gasteiger partial charge in [0.25, 0.3) is 0 Å². The van der Waals surface area contributed by atoms with Gasteiger partial charge in [-0.3, -0.25) is 0 Å². The lowest BCUT2D eigenvalue weighted by atomic mass is 9.96. The molecule has 1 fully saturated rings. The van der Waals surface area contributed by atoms with Crippen molar-refractivity contribution >= 4 is 23.2 Å². The number of imidazole rings is 1. The van der Waals surface area contributed by atoms with Crippen LogP contribution in [0.5, 0.6) is 0 Å². The lowest BCUT2D eigenvalue weighted by Crippen LogP contribution is -2.14. The number of hydrogen-bond donors (Lipinski definition) is 1. The summed E-state index contributed by atoms with van der Waals surface area (Å²) < 4.78 is 5.59. The fraction of sp³-hybridized carbons (Fsp3) is 0.250. The molecule has 1 aromatic heterocycles.